The van der Waals surface area contributed by atoms with E-state index in [4.69, 9.17) is 10.8 Å². The summed E-state index contributed by atoms with van der Waals surface area (Å²) in [6.45, 7) is 1.90. The number of carboxylic acid groups (broad SMARTS) is 1. The second-order valence-electron chi connectivity index (χ2n) is 4.62. The molecule has 1 aromatic carbocycles. The van der Waals surface area contributed by atoms with Crippen LogP contribution in [-0.4, -0.2) is 35.6 Å². The third-order valence-corrected chi connectivity index (χ3v) is 4.02. The van der Waals surface area contributed by atoms with Crippen LogP contribution in [0.1, 0.15) is 18.0 Å². The van der Waals surface area contributed by atoms with E-state index in [1.54, 1.807) is 0 Å². The molecule has 1 fully saturated rings. The molecule has 1 heterocycles. The zero-order valence-corrected chi connectivity index (χ0v) is 11.6. The molecule has 1 saturated heterocycles. The molecule has 1 aliphatic heterocycles. The molecule has 0 amide bonds. The molecule has 4 nitrogen and oxygen atoms in total. The largest absolute Gasteiger partial charge is 0.481 e. The fraction of sp³-hybridized carbons (Fsp3) is 0.462. The van der Waals surface area contributed by atoms with Crippen molar-refractivity contribution in [2.45, 2.75) is 12.5 Å². The Kier molecular flexibility index (Phi) is 4.37. The number of nitrogens with two attached hydrogens (primary N) is 1. The number of benzene rings is 1. The minimum atomic E-state index is -0.705. The van der Waals surface area contributed by atoms with Crippen molar-refractivity contribution in [2.75, 3.05) is 19.6 Å². The van der Waals surface area contributed by atoms with E-state index in [9.17, 15) is 4.79 Å². The summed E-state index contributed by atoms with van der Waals surface area (Å²) in [5.41, 5.74) is 6.99. The average molecular weight is 313 g/mol. The van der Waals surface area contributed by atoms with Crippen LogP contribution in [0.25, 0.3) is 0 Å². The van der Waals surface area contributed by atoms with Gasteiger partial charge in [-0.1, -0.05) is 28.1 Å². The number of hydrogen-bond acceptors (Lipinski definition) is 3. The van der Waals surface area contributed by atoms with E-state index in [-0.39, 0.29) is 12.0 Å². The Hall–Kier alpha value is -0.910. The number of hydrogen-bond donors (Lipinski definition) is 2. The molecule has 98 valence electrons. The van der Waals surface area contributed by atoms with Gasteiger partial charge in [0.05, 0.1) is 5.92 Å². The van der Waals surface area contributed by atoms with Crippen molar-refractivity contribution in [2.24, 2.45) is 11.7 Å². The first kappa shape index (κ1) is 13.5. The van der Waals surface area contributed by atoms with Crippen molar-refractivity contribution in [3.63, 3.8) is 0 Å². The van der Waals surface area contributed by atoms with E-state index in [0.29, 0.717) is 19.5 Å². The molecular weight excluding hydrogens is 296 g/mol. The molecule has 0 spiro atoms. The second kappa shape index (κ2) is 5.82. The molecule has 1 aromatic rings. The van der Waals surface area contributed by atoms with Crippen molar-refractivity contribution in [3.05, 3.63) is 34.3 Å². The summed E-state index contributed by atoms with van der Waals surface area (Å²) in [4.78, 5) is 13.1. The van der Waals surface area contributed by atoms with Crippen molar-refractivity contribution in [1.82, 2.24) is 4.90 Å². The van der Waals surface area contributed by atoms with Gasteiger partial charge in [-0.25, -0.2) is 0 Å². The summed E-state index contributed by atoms with van der Waals surface area (Å²) in [6, 6.07) is 8.17. The molecule has 18 heavy (non-hydrogen) atoms. The molecular formula is C13H17BrN2O2. The first-order valence-electron chi connectivity index (χ1n) is 6.04. The zero-order valence-electron chi connectivity index (χ0n) is 10.1. The van der Waals surface area contributed by atoms with Gasteiger partial charge in [0.1, 0.15) is 0 Å². The standard InChI is InChI=1S/C13H17BrN2O2/c14-11-3-1-9(2-4-11)12(7-15)16-6-5-10(8-16)13(17)18/h1-4,10,12H,5-8,15H2,(H,17,18)/t10-,12+/m1/s1. The highest BCUT2D eigenvalue weighted by molar-refractivity contribution is 9.10. The maximum absolute atomic E-state index is 11.0. The van der Waals surface area contributed by atoms with Gasteiger partial charge in [0, 0.05) is 23.6 Å². The highest BCUT2D eigenvalue weighted by Gasteiger charge is 2.32. The topological polar surface area (TPSA) is 66.6 Å². The first-order chi connectivity index (χ1) is 8.61. The molecule has 5 heteroatoms. The molecule has 2 rings (SSSR count). The Morgan fingerprint density at radius 1 is 1.50 bits per heavy atom. The second-order valence-corrected chi connectivity index (χ2v) is 5.54. The van der Waals surface area contributed by atoms with E-state index in [0.717, 1.165) is 16.6 Å². The van der Waals surface area contributed by atoms with Gasteiger partial charge in [-0.15, -0.1) is 0 Å². The maximum Gasteiger partial charge on any atom is 0.307 e. The molecule has 0 aromatic heterocycles. The zero-order chi connectivity index (χ0) is 13.1. The van der Waals surface area contributed by atoms with Gasteiger partial charge in [-0.05, 0) is 30.7 Å². The lowest BCUT2D eigenvalue weighted by atomic mass is 10.1. The van der Waals surface area contributed by atoms with Crippen molar-refractivity contribution >= 4 is 21.9 Å². The Morgan fingerprint density at radius 3 is 2.67 bits per heavy atom. The Morgan fingerprint density at radius 2 is 2.17 bits per heavy atom. The van der Waals surface area contributed by atoms with E-state index in [2.05, 4.69) is 20.8 Å². The van der Waals surface area contributed by atoms with Crippen LogP contribution in [0.15, 0.2) is 28.7 Å². The Labute approximate surface area is 115 Å². The van der Waals surface area contributed by atoms with Gasteiger partial charge in [0.25, 0.3) is 0 Å². The molecule has 2 atom stereocenters. The minimum absolute atomic E-state index is 0.113. The van der Waals surface area contributed by atoms with Crippen LogP contribution in [0.4, 0.5) is 0 Å². The molecule has 1 aliphatic rings. The van der Waals surface area contributed by atoms with Gasteiger partial charge in [-0.2, -0.15) is 0 Å². The number of halogens is 1. The highest BCUT2D eigenvalue weighted by atomic mass is 79.9. The van der Waals surface area contributed by atoms with Crippen LogP contribution >= 0.6 is 15.9 Å². The average Bonchev–Trinajstić information content (AvgIpc) is 2.82. The van der Waals surface area contributed by atoms with Gasteiger partial charge >= 0.3 is 5.97 Å². The maximum atomic E-state index is 11.0. The summed E-state index contributed by atoms with van der Waals surface area (Å²) < 4.78 is 1.03. The lowest BCUT2D eigenvalue weighted by molar-refractivity contribution is -0.141. The third-order valence-electron chi connectivity index (χ3n) is 3.49. The molecule has 0 bridgehead atoms. The smallest absolute Gasteiger partial charge is 0.307 e. The van der Waals surface area contributed by atoms with Gasteiger partial charge < -0.3 is 10.8 Å². The van der Waals surface area contributed by atoms with Crippen LogP contribution in [0, 0.1) is 5.92 Å². The summed E-state index contributed by atoms with van der Waals surface area (Å²) in [6.07, 6.45) is 0.711. The Bertz CT molecular complexity index is 422. The lowest BCUT2D eigenvalue weighted by Crippen LogP contribution is -2.32. The number of carbonyl (C=O) groups is 1. The van der Waals surface area contributed by atoms with Crippen molar-refractivity contribution in [3.8, 4) is 0 Å². The van der Waals surface area contributed by atoms with Crippen LogP contribution in [0.5, 0.6) is 0 Å². The molecule has 0 unspecified atom stereocenters. The summed E-state index contributed by atoms with van der Waals surface area (Å²) in [5.74, 6) is -0.960. The van der Waals surface area contributed by atoms with Crippen molar-refractivity contribution in [1.29, 1.82) is 0 Å². The number of likely N-dealkylation sites (tertiary alicyclic amines) is 1. The number of aliphatic carboxylic acids is 1. The number of nitrogens with zero attached hydrogens (tertiary/aromatic N) is 1. The third kappa shape index (κ3) is 2.91. The number of rotatable bonds is 4. The van der Waals surface area contributed by atoms with Gasteiger partial charge in [-0.3, -0.25) is 9.69 Å². The van der Waals surface area contributed by atoms with Crippen LogP contribution in [0.3, 0.4) is 0 Å². The van der Waals surface area contributed by atoms with Crippen LogP contribution in [0.2, 0.25) is 0 Å². The Balaban J connectivity index is 2.10. The normalized spacial score (nSPS) is 22.0. The van der Waals surface area contributed by atoms with E-state index in [1.165, 1.54) is 0 Å². The molecule has 0 saturated carbocycles. The minimum Gasteiger partial charge on any atom is -0.481 e. The van der Waals surface area contributed by atoms with Gasteiger partial charge in [0.2, 0.25) is 0 Å². The van der Waals surface area contributed by atoms with E-state index in [1.807, 2.05) is 24.3 Å². The predicted octanol–water partition coefficient (Wildman–Crippen LogP) is 1.86. The highest BCUT2D eigenvalue weighted by Crippen LogP contribution is 2.27. The van der Waals surface area contributed by atoms with Gasteiger partial charge in [0.15, 0.2) is 0 Å². The summed E-state index contributed by atoms with van der Waals surface area (Å²) in [5, 5.41) is 9.03. The van der Waals surface area contributed by atoms with Crippen LogP contribution < -0.4 is 5.73 Å². The number of carboxylic acids is 1. The van der Waals surface area contributed by atoms with E-state index >= 15 is 0 Å². The quantitative estimate of drug-likeness (QED) is 0.890. The first-order valence-corrected chi connectivity index (χ1v) is 6.83. The summed E-state index contributed by atoms with van der Waals surface area (Å²) >= 11 is 3.41. The molecule has 0 radical (unpaired) electrons. The fourth-order valence-electron chi connectivity index (χ4n) is 2.45. The van der Waals surface area contributed by atoms with Crippen molar-refractivity contribution < 1.29 is 9.90 Å². The molecule has 0 aliphatic carbocycles. The van der Waals surface area contributed by atoms with E-state index < -0.39 is 5.97 Å². The SMILES string of the molecule is NC[C@@H](c1ccc(Br)cc1)N1CC[C@@H](C(=O)O)C1. The fourth-order valence-corrected chi connectivity index (χ4v) is 2.72. The summed E-state index contributed by atoms with van der Waals surface area (Å²) in [7, 11) is 0. The monoisotopic (exact) mass is 312 g/mol. The predicted molar refractivity (Wildman–Crippen MR) is 73.3 cm³/mol. The van der Waals surface area contributed by atoms with Crippen LogP contribution in [-0.2, 0) is 4.79 Å². The molecule has 3 N–H and O–H groups in total. The lowest BCUT2D eigenvalue weighted by Gasteiger charge is -2.26.